The predicted octanol–water partition coefficient (Wildman–Crippen LogP) is 1.98. The highest BCUT2D eigenvalue weighted by Gasteiger charge is 2.22. The SMILES string of the molecule is CCN(CC(=O)NC)C(C)C(=O)c1ccc(Cl)cc1. The normalized spacial score (nSPS) is 12.3. The van der Waals surface area contributed by atoms with Crippen LogP contribution in [0.4, 0.5) is 0 Å². The van der Waals surface area contributed by atoms with E-state index in [1.54, 1.807) is 31.3 Å². The van der Waals surface area contributed by atoms with Gasteiger partial charge in [-0.15, -0.1) is 0 Å². The predicted molar refractivity (Wildman–Crippen MR) is 76.6 cm³/mol. The van der Waals surface area contributed by atoms with Crippen LogP contribution in [0.15, 0.2) is 24.3 Å². The van der Waals surface area contributed by atoms with Crippen LogP contribution >= 0.6 is 11.6 Å². The van der Waals surface area contributed by atoms with Crippen molar-refractivity contribution in [1.82, 2.24) is 10.2 Å². The molecule has 0 aliphatic rings. The third kappa shape index (κ3) is 4.33. The average molecular weight is 283 g/mol. The molecule has 0 spiro atoms. The number of nitrogens with zero attached hydrogens (tertiary/aromatic N) is 1. The number of carbonyl (C=O) groups is 2. The van der Waals surface area contributed by atoms with E-state index >= 15 is 0 Å². The van der Waals surface area contributed by atoms with Crippen molar-refractivity contribution in [1.29, 1.82) is 0 Å². The molecule has 0 heterocycles. The van der Waals surface area contributed by atoms with E-state index in [9.17, 15) is 9.59 Å². The Kier molecular flexibility index (Phi) is 5.99. The lowest BCUT2D eigenvalue weighted by atomic mass is 10.0. The molecule has 1 unspecified atom stereocenters. The summed E-state index contributed by atoms with van der Waals surface area (Å²) >= 11 is 5.80. The largest absolute Gasteiger partial charge is 0.358 e. The van der Waals surface area contributed by atoms with Crippen LogP contribution in [0.5, 0.6) is 0 Å². The first-order valence-electron chi connectivity index (χ1n) is 6.24. The summed E-state index contributed by atoms with van der Waals surface area (Å²) in [6.07, 6.45) is 0. The van der Waals surface area contributed by atoms with Gasteiger partial charge >= 0.3 is 0 Å². The molecule has 0 radical (unpaired) electrons. The first-order chi connectivity index (χ1) is 8.99. The Morgan fingerprint density at radius 1 is 1.32 bits per heavy atom. The summed E-state index contributed by atoms with van der Waals surface area (Å²) in [5, 5.41) is 3.16. The minimum absolute atomic E-state index is 0.0116. The van der Waals surface area contributed by atoms with Crippen LogP contribution in [0.1, 0.15) is 24.2 Å². The summed E-state index contributed by atoms with van der Waals surface area (Å²) < 4.78 is 0. The van der Waals surface area contributed by atoms with Crippen molar-refractivity contribution in [2.45, 2.75) is 19.9 Å². The maximum atomic E-state index is 12.3. The molecular formula is C14H19ClN2O2. The van der Waals surface area contributed by atoms with Crippen LogP contribution in [0, 0.1) is 0 Å². The Morgan fingerprint density at radius 2 is 1.89 bits per heavy atom. The smallest absolute Gasteiger partial charge is 0.233 e. The van der Waals surface area contributed by atoms with E-state index in [1.807, 2.05) is 18.7 Å². The molecule has 1 aromatic rings. The maximum absolute atomic E-state index is 12.3. The van der Waals surface area contributed by atoms with Gasteiger partial charge in [0.1, 0.15) is 0 Å². The lowest BCUT2D eigenvalue weighted by molar-refractivity contribution is -0.121. The van der Waals surface area contributed by atoms with Crippen LogP contribution in [0.3, 0.4) is 0 Å². The van der Waals surface area contributed by atoms with E-state index in [0.717, 1.165) is 0 Å². The van der Waals surface area contributed by atoms with Gasteiger partial charge < -0.3 is 5.32 Å². The number of nitrogens with one attached hydrogen (secondary N) is 1. The van der Waals surface area contributed by atoms with Crippen molar-refractivity contribution in [2.24, 2.45) is 0 Å². The number of likely N-dealkylation sites (N-methyl/N-ethyl adjacent to an activating group) is 2. The average Bonchev–Trinajstić information content (AvgIpc) is 2.43. The van der Waals surface area contributed by atoms with Gasteiger partial charge in [0.15, 0.2) is 5.78 Å². The molecule has 0 aliphatic carbocycles. The van der Waals surface area contributed by atoms with Crippen LogP contribution in [0.2, 0.25) is 5.02 Å². The molecular weight excluding hydrogens is 264 g/mol. The summed E-state index contributed by atoms with van der Waals surface area (Å²) in [5.74, 6) is -0.111. The Bertz CT molecular complexity index is 445. The molecule has 0 saturated heterocycles. The summed E-state index contributed by atoms with van der Waals surface area (Å²) in [6.45, 7) is 4.58. The van der Waals surface area contributed by atoms with Gasteiger partial charge in [-0.3, -0.25) is 14.5 Å². The number of benzene rings is 1. The Morgan fingerprint density at radius 3 is 2.37 bits per heavy atom. The molecule has 4 nitrogen and oxygen atoms in total. The van der Waals surface area contributed by atoms with E-state index in [-0.39, 0.29) is 24.3 Å². The minimum Gasteiger partial charge on any atom is -0.358 e. The molecule has 5 heteroatoms. The molecule has 0 fully saturated rings. The van der Waals surface area contributed by atoms with Gasteiger partial charge in [-0.25, -0.2) is 0 Å². The summed E-state index contributed by atoms with van der Waals surface area (Å²) in [7, 11) is 1.59. The van der Waals surface area contributed by atoms with Crippen LogP contribution in [-0.2, 0) is 4.79 Å². The molecule has 1 rings (SSSR count). The summed E-state index contributed by atoms with van der Waals surface area (Å²) in [6, 6.07) is 6.44. The molecule has 19 heavy (non-hydrogen) atoms. The number of ketones is 1. The van der Waals surface area contributed by atoms with Crippen molar-refractivity contribution in [3.8, 4) is 0 Å². The van der Waals surface area contributed by atoms with Crippen molar-refractivity contribution in [3.63, 3.8) is 0 Å². The number of Topliss-reactive ketones (excluding diaryl/α,β-unsaturated/α-hetero) is 1. The molecule has 0 saturated carbocycles. The Hall–Kier alpha value is -1.39. The number of halogens is 1. The third-order valence-corrected chi connectivity index (χ3v) is 3.34. The second-order valence-electron chi connectivity index (χ2n) is 4.28. The number of carbonyl (C=O) groups excluding carboxylic acids is 2. The van der Waals surface area contributed by atoms with Crippen LogP contribution < -0.4 is 5.32 Å². The summed E-state index contributed by atoms with van der Waals surface area (Å²) in [4.78, 5) is 25.5. The van der Waals surface area contributed by atoms with Crippen LogP contribution in [0.25, 0.3) is 0 Å². The fourth-order valence-electron chi connectivity index (χ4n) is 1.81. The lowest BCUT2D eigenvalue weighted by Crippen LogP contribution is -2.44. The third-order valence-electron chi connectivity index (χ3n) is 3.09. The summed E-state index contributed by atoms with van der Waals surface area (Å²) in [5.41, 5.74) is 0.604. The van der Waals surface area contributed by atoms with Crippen molar-refractivity contribution in [3.05, 3.63) is 34.9 Å². The first-order valence-corrected chi connectivity index (χ1v) is 6.61. The molecule has 1 atom stereocenters. The molecule has 104 valence electrons. The van der Waals surface area contributed by atoms with E-state index in [0.29, 0.717) is 17.1 Å². The fourth-order valence-corrected chi connectivity index (χ4v) is 1.93. The highest BCUT2D eigenvalue weighted by Crippen LogP contribution is 2.13. The second kappa shape index (κ2) is 7.26. The zero-order valence-electron chi connectivity index (χ0n) is 11.4. The quantitative estimate of drug-likeness (QED) is 0.812. The second-order valence-corrected chi connectivity index (χ2v) is 4.72. The van der Waals surface area contributed by atoms with Gasteiger partial charge in [-0.05, 0) is 37.7 Å². The number of amides is 1. The maximum Gasteiger partial charge on any atom is 0.233 e. The van der Waals surface area contributed by atoms with Gasteiger partial charge in [0.05, 0.1) is 12.6 Å². The Balaban J connectivity index is 2.79. The molecule has 0 aliphatic heterocycles. The highest BCUT2D eigenvalue weighted by atomic mass is 35.5. The monoisotopic (exact) mass is 282 g/mol. The van der Waals surface area contributed by atoms with Crippen molar-refractivity contribution < 1.29 is 9.59 Å². The van der Waals surface area contributed by atoms with E-state index < -0.39 is 0 Å². The first kappa shape index (κ1) is 15.7. The number of hydrogen-bond acceptors (Lipinski definition) is 3. The highest BCUT2D eigenvalue weighted by molar-refractivity contribution is 6.30. The molecule has 1 N–H and O–H groups in total. The topological polar surface area (TPSA) is 49.4 Å². The van der Waals surface area contributed by atoms with Crippen molar-refractivity contribution >= 4 is 23.3 Å². The fraction of sp³-hybridized carbons (Fsp3) is 0.429. The zero-order valence-corrected chi connectivity index (χ0v) is 12.2. The van der Waals surface area contributed by atoms with E-state index in [4.69, 9.17) is 11.6 Å². The van der Waals surface area contributed by atoms with Gasteiger partial charge in [0.2, 0.25) is 5.91 Å². The standard InChI is InChI=1S/C14H19ClN2O2/c1-4-17(9-13(18)16-3)10(2)14(19)11-5-7-12(15)8-6-11/h5-8,10H,4,9H2,1-3H3,(H,16,18). The minimum atomic E-state index is -0.344. The van der Waals surface area contributed by atoms with E-state index in [2.05, 4.69) is 5.32 Å². The molecule has 1 aromatic carbocycles. The molecule has 0 bridgehead atoms. The van der Waals surface area contributed by atoms with Crippen LogP contribution in [-0.4, -0.2) is 42.8 Å². The van der Waals surface area contributed by atoms with Crippen molar-refractivity contribution in [2.75, 3.05) is 20.1 Å². The van der Waals surface area contributed by atoms with Gasteiger partial charge in [-0.1, -0.05) is 18.5 Å². The van der Waals surface area contributed by atoms with Gasteiger partial charge in [0.25, 0.3) is 0 Å². The number of rotatable bonds is 6. The molecule has 0 aromatic heterocycles. The zero-order chi connectivity index (χ0) is 14.4. The van der Waals surface area contributed by atoms with Gasteiger partial charge in [0, 0.05) is 17.6 Å². The van der Waals surface area contributed by atoms with E-state index in [1.165, 1.54) is 0 Å². The Labute approximate surface area is 118 Å². The number of hydrogen-bond donors (Lipinski definition) is 1. The lowest BCUT2D eigenvalue weighted by Gasteiger charge is -2.25. The molecule has 1 amide bonds. The van der Waals surface area contributed by atoms with Gasteiger partial charge in [-0.2, -0.15) is 0 Å².